The molecule has 8 nitrogen and oxygen atoms in total. The average Bonchev–Trinajstić information content (AvgIpc) is 3.25. The van der Waals surface area contributed by atoms with Crippen molar-refractivity contribution in [3.05, 3.63) is 52.2 Å². The van der Waals surface area contributed by atoms with Gasteiger partial charge in [0.25, 0.3) is 5.69 Å². The predicted molar refractivity (Wildman–Crippen MR) is 92.1 cm³/mol. The van der Waals surface area contributed by atoms with Crippen molar-refractivity contribution in [2.45, 2.75) is 31.2 Å². The van der Waals surface area contributed by atoms with Crippen molar-refractivity contribution in [3.63, 3.8) is 0 Å². The second-order valence-corrected chi connectivity index (χ2v) is 6.71. The zero-order valence-corrected chi connectivity index (χ0v) is 16.2. The van der Waals surface area contributed by atoms with Crippen molar-refractivity contribution >= 4 is 23.3 Å². The SMILES string of the molecule is COC(=O)C1CCCN1C(=O)[CH-]N1C=C2CC2c2cc([N+](=O)[O-])ccc21.[Rh]. The van der Waals surface area contributed by atoms with E-state index in [1.165, 1.54) is 24.6 Å². The number of amides is 1. The first-order valence-corrected chi connectivity index (χ1v) is 8.50. The number of likely N-dealkylation sites (tertiary alicyclic amines) is 1. The third-order valence-electron chi connectivity index (χ3n) is 5.17. The largest absolute Gasteiger partial charge is 0.476 e. The van der Waals surface area contributed by atoms with E-state index in [0.29, 0.717) is 13.0 Å². The summed E-state index contributed by atoms with van der Waals surface area (Å²) in [5.41, 5.74) is 2.83. The average molecular weight is 459 g/mol. The second kappa shape index (κ2) is 7.31. The molecule has 9 heteroatoms. The predicted octanol–water partition coefficient (Wildman–Crippen LogP) is 2.11. The summed E-state index contributed by atoms with van der Waals surface area (Å²) in [6.45, 7) is 1.96. The van der Waals surface area contributed by atoms with Gasteiger partial charge in [-0.2, -0.15) is 0 Å². The quantitative estimate of drug-likeness (QED) is 0.225. The minimum absolute atomic E-state index is 0. The molecule has 145 valence electrons. The maximum Gasteiger partial charge on any atom is 0.328 e. The van der Waals surface area contributed by atoms with E-state index in [1.807, 2.05) is 6.20 Å². The maximum absolute atomic E-state index is 12.7. The van der Waals surface area contributed by atoms with Gasteiger partial charge in [0.1, 0.15) is 11.9 Å². The van der Waals surface area contributed by atoms with Crippen LogP contribution in [0.2, 0.25) is 0 Å². The minimum atomic E-state index is -0.550. The Morgan fingerprint density at radius 1 is 1.37 bits per heavy atom. The molecular formula is C18H18N3O5Rh-. The van der Waals surface area contributed by atoms with E-state index in [1.54, 1.807) is 17.0 Å². The van der Waals surface area contributed by atoms with E-state index in [9.17, 15) is 19.7 Å². The molecule has 0 spiro atoms. The Balaban J connectivity index is 0.00000210. The van der Waals surface area contributed by atoms with E-state index in [2.05, 4.69) is 0 Å². The monoisotopic (exact) mass is 459 g/mol. The van der Waals surface area contributed by atoms with Gasteiger partial charge in [0, 0.05) is 49.8 Å². The van der Waals surface area contributed by atoms with E-state index >= 15 is 0 Å². The molecule has 2 aliphatic heterocycles. The molecule has 0 N–H and O–H groups in total. The van der Waals surface area contributed by atoms with Crippen LogP contribution >= 0.6 is 0 Å². The van der Waals surface area contributed by atoms with Crippen molar-refractivity contribution in [1.82, 2.24) is 4.90 Å². The number of esters is 1. The number of ether oxygens (including phenoxy) is 1. The van der Waals surface area contributed by atoms with Gasteiger partial charge >= 0.3 is 5.97 Å². The van der Waals surface area contributed by atoms with Gasteiger partial charge in [-0.25, -0.2) is 11.3 Å². The number of carbonyl (C=O) groups excluding carboxylic acids is 2. The molecular weight excluding hydrogens is 441 g/mol. The molecule has 2 fully saturated rings. The number of hydrogen-bond acceptors (Lipinski definition) is 6. The van der Waals surface area contributed by atoms with Gasteiger partial charge in [-0.3, -0.25) is 10.1 Å². The van der Waals surface area contributed by atoms with Gasteiger partial charge in [0.05, 0.1) is 12.0 Å². The van der Waals surface area contributed by atoms with Crippen LogP contribution in [0.3, 0.4) is 0 Å². The van der Waals surface area contributed by atoms with Gasteiger partial charge in [-0.05, 0) is 42.7 Å². The number of non-ortho nitro benzene ring substituents is 1. The van der Waals surface area contributed by atoms with Crippen LogP contribution in [-0.4, -0.2) is 41.4 Å². The van der Waals surface area contributed by atoms with Crippen molar-refractivity contribution in [3.8, 4) is 0 Å². The number of methoxy groups -OCH3 is 1. The Kier molecular flexibility index (Phi) is 5.24. The topological polar surface area (TPSA) is 93.0 Å². The normalized spacial score (nSPS) is 22.0. The third kappa shape index (κ3) is 3.43. The first-order chi connectivity index (χ1) is 12.5. The summed E-state index contributed by atoms with van der Waals surface area (Å²) in [6, 6.07) is 4.15. The van der Waals surface area contributed by atoms with Gasteiger partial charge in [0.2, 0.25) is 0 Å². The number of nitro benzene ring substituents is 1. The van der Waals surface area contributed by atoms with Crippen LogP contribution in [0.15, 0.2) is 30.0 Å². The standard InChI is InChI=1S/C18H18N3O5.Rh/c1-26-18(23)16-3-2-6-20(16)17(22)10-19-9-11-7-13(11)14-8-12(21(24)25)4-5-15(14)19;/h4-5,8-10,13,16H,2-3,6-7H2,1H3;/q-1;. The molecule has 2 atom stereocenters. The van der Waals surface area contributed by atoms with Crippen LogP contribution in [0, 0.1) is 16.7 Å². The number of fused-ring (bicyclic) bond motifs is 3. The summed E-state index contributed by atoms with van der Waals surface area (Å²) in [5.74, 6) is -0.461. The molecule has 4 rings (SSSR count). The smallest absolute Gasteiger partial charge is 0.328 e. The summed E-state index contributed by atoms with van der Waals surface area (Å²) in [4.78, 5) is 38.5. The number of anilines is 1. The molecule has 1 saturated carbocycles. The number of allylic oxidation sites excluding steroid dienone is 1. The van der Waals surface area contributed by atoms with Crippen LogP contribution < -0.4 is 4.90 Å². The van der Waals surface area contributed by atoms with Gasteiger partial charge in [-0.15, -0.1) is 0 Å². The number of nitro groups is 1. The van der Waals surface area contributed by atoms with Crippen LogP contribution in [0.4, 0.5) is 11.4 Å². The molecule has 1 aromatic carbocycles. The molecule has 1 aromatic rings. The molecule has 1 saturated heterocycles. The van der Waals surface area contributed by atoms with E-state index in [-0.39, 0.29) is 37.0 Å². The third-order valence-corrected chi connectivity index (χ3v) is 5.17. The Morgan fingerprint density at radius 2 is 2.15 bits per heavy atom. The number of hydrogen-bond donors (Lipinski definition) is 0. The Hall–Kier alpha value is -2.41. The Labute approximate surface area is 169 Å². The summed E-state index contributed by atoms with van der Waals surface area (Å²) in [7, 11) is 1.32. The minimum Gasteiger partial charge on any atom is -0.476 e. The molecule has 27 heavy (non-hydrogen) atoms. The summed E-state index contributed by atoms with van der Waals surface area (Å²) >= 11 is 0. The zero-order chi connectivity index (χ0) is 18.4. The van der Waals surface area contributed by atoms with Gasteiger partial charge in [-0.1, -0.05) is 0 Å². The fraction of sp³-hybridized carbons (Fsp3) is 0.389. The maximum atomic E-state index is 12.7. The zero-order valence-electron chi connectivity index (χ0n) is 14.6. The fourth-order valence-electron chi connectivity index (χ4n) is 3.76. The van der Waals surface area contributed by atoms with Crippen molar-refractivity contribution in [1.29, 1.82) is 0 Å². The fourth-order valence-corrected chi connectivity index (χ4v) is 3.76. The molecule has 2 heterocycles. The van der Waals surface area contributed by atoms with Crippen molar-refractivity contribution < 1.29 is 38.7 Å². The van der Waals surface area contributed by atoms with Crippen LogP contribution in [-0.2, 0) is 33.8 Å². The summed E-state index contributed by atoms with van der Waals surface area (Å²) in [6.07, 6.45) is 4.10. The first kappa shape index (κ1) is 19.4. The van der Waals surface area contributed by atoms with Crippen LogP contribution in [0.25, 0.3) is 0 Å². The Morgan fingerprint density at radius 3 is 2.85 bits per heavy atom. The van der Waals surface area contributed by atoms with E-state index < -0.39 is 16.9 Å². The van der Waals surface area contributed by atoms with Crippen molar-refractivity contribution in [2.75, 3.05) is 18.6 Å². The second-order valence-electron chi connectivity index (χ2n) is 6.71. The molecule has 1 radical (unpaired) electrons. The number of nitrogens with zero attached hydrogens (tertiary/aromatic N) is 3. The number of rotatable bonds is 4. The number of carbonyl (C=O) groups is 2. The van der Waals surface area contributed by atoms with Crippen LogP contribution in [0.5, 0.6) is 0 Å². The molecule has 1 aliphatic carbocycles. The van der Waals surface area contributed by atoms with Gasteiger partial charge in [0.15, 0.2) is 0 Å². The summed E-state index contributed by atoms with van der Waals surface area (Å²) < 4.78 is 4.78. The van der Waals surface area contributed by atoms with Crippen LogP contribution in [0.1, 0.15) is 30.7 Å². The molecule has 0 bridgehead atoms. The van der Waals surface area contributed by atoms with Gasteiger partial charge < -0.3 is 19.3 Å². The molecule has 3 aliphatic rings. The molecule has 0 aromatic heterocycles. The molecule has 1 amide bonds. The first-order valence-electron chi connectivity index (χ1n) is 8.50. The van der Waals surface area contributed by atoms with E-state index in [4.69, 9.17) is 4.74 Å². The van der Waals surface area contributed by atoms with Crippen molar-refractivity contribution in [2.24, 2.45) is 0 Å². The Bertz CT molecular complexity index is 840. The summed E-state index contributed by atoms with van der Waals surface area (Å²) in [5, 5.41) is 11.0. The number of benzene rings is 1. The van der Waals surface area contributed by atoms with E-state index in [0.717, 1.165) is 29.7 Å². The molecule has 2 unspecified atom stereocenters.